The maximum Gasteiger partial charge on any atom is 0.334 e. The van der Waals surface area contributed by atoms with Crippen molar-refractivity contribution >= 4 is 205 Å². The monoisotopic (exact) mass is 2460 g/mol. The summed E-state index contributed by atoms with van der Waals surface area (Å²) in [4.78, 5) is 12.0. The van der Waals surface area contributed by atoms with Gasteiger partial charge in [0.05, 0.1) is 0 Å². The van der Waals surface area contributed by atoms with Gasteiger partial charge in [0.1, 0.15) is 0 Å². The second-order valence-corrected chi connectivity index (χ2v) is 126. The lowest BCUT2D eigenvalue weighted by molar-refractivity contribution is 0.183. The van der Waals surface area contributed by atoms with Gasteiger partial charge in [0, 0.05) is 126 Å². The van der Waals surface area contributed by atoms with Crippen molar-refractivity contribution in [1.29, 1.82) is 0 Å². The molecule has 58 heteroatoms. The molecule has 3 fully saturated rings. The third kappa shape index (κ3) is 49.8. The van der Waals surface area contributed by atoms with Crippen molar-refractivity contribution in [3.63, 3.8) is 0 Å². The van der Waals surface area contributed by atoms with E-state index in [9.17, 15) is 4.80 Å². The maximum absolute atomic E-state index is 12.0. The van der Waals surface area contributed by atoms with E-state index in [-0.39, 0.29) is 0 Å². The molecule has 0 radical (unpaired) electrons. The number of hydrogen-bond donors (Lipinski definition) is 1. The Morgan fingerprint density at radius 1 is 0.139 bits per heavy atom. The summed E-state index contributed by atoms with van der Waals surface area (Å²) >= 11 is 0. The first-order chi connectivity index (χ1) is 66.5. The fraction of sp³-hybridized carbons (Fsp3) is 1.00. The number of rotatable bonds is 78. The summed E-state index contributed by atoms with van der Waals surface area (Å²) in [6.45, 7) is 100. The van der Waals surface area contributed by atoms with Crippen molar-refractivity contribution in [3.8, 4) is 0 Å². The van der Waals surface area contributed by atoms with Gasteiger partial charge in [-0.15, -0.1) is 0 Å². The second kappa shape index (κ2) is 62.3. The predicted octanol–water partition coefficient (Wildman–Crippen LogP) is 23.7. The van der Waals surface area contributed by atoms with Crippen LogP contribution in [0.4, 0.5) is 0 Å². The van der Waals surface area contributed by atoms with Crippen LogP contribution in [0.5, 0.6) is 0 Å². The lowest BCUT2D eigenvalue weighted by atomic mass is 10.9. The van der Waals surface area contributed by atoms with Crippen LogP contribution in [0, 0.1) is 0 Å². The van der Waals surface area contributed by atoms with Gasteiger partial charge < -0.3 is 147 Å². The van der Waals surface area contributed by atoms with Crippen LogP contribution in [-0.2, 0) is 142 Å². The molecule has 3 aliphatic rings. The van der Waals surface area contributed by atoms with Gasteiger partial charge in [-0.25, -0.2) is 0 Å². The quantitative estimate of drug-likeness (QED) is 0.0553. The molecule has 3 aliphatic heterocycles. The third-order valence-electron chi connectivity index (χ3n) is 27.0. The summed E-state index contributed by atoms with van der Waals surface area (Å²) in [6.07, 6.45) is 0. The normalized spacial score (nSPS) is 29.9. The highest BCUT2D eigenvalue weighted by Crippen LogP contribution is 2.49. The van der Waals surface area contributed by atoms with Crippen LogP contribution in [-0.4, -0.2) is 336 Å². The molecule has 0 aromatic carbocycles. The van der Waals surface area contributed by atoms with Gasteiger partial charge in [-0.05, 0) is 434 Å². The average molecular weight is 2470 g/mol. The largest absolute Gasteiger partial charge is 0.416 e. The molecular formula is C86H216O34Si24. The molecule has 1 N–H and O–H groups in total. The van der Waals surface area contributed by atoms with E-state index in [1.54, 1.807) is 0 Å². The summed E-state index contributed by atoms with van der Waals surface area (Å²) in [5.74, 6) is 0. The highest BCUT2D eigenvalue weighted by atomic mass is 28.5. The van der Waals surface area contributed by atoms with E-state index >= 15 is 0 Å². The number of hydrogen-bond acceptors (Lipinski definition) is 34. The van der Waals surface area contributed by atoms with Crippen molar-refractivity contribution < 1.29 is 147 Å². The van der Waals surface area contributed by atoms with Crippen LogP contribution in [0.1, 0.15) is 132 Å². The molecule has 0 aromatic heterocycles. The Hall–Kier alpha value is 3.85. The first-order valence-corrected chi connectivity index (χ1v) is 116. The van der Waals surface area contributed by atoms with E-state index in [0.717, 1.165) is 0 Å². The zero-order valence-corrected chi connectivity index (χ0v) is 123. The standard InChI is InChI=1S/C86H216O34Si24/c1-44-88-121(20,87)63-64-133(32)109-134(33,76-65-122(21,89-45-2)90-46-3)111-136(35,78-67-124(23,93-49-6)94-50-7)115-141(40,110-133)83-72-129(28,103-59-16)107-131(30,105-61-18)74-85-143(42)118-139(38,81-70-127(26,99-55-12)100-56-13)114-140(39,82-71-128(27,101-57-14)102-58-15)119-144(43,120-143)86-75-132(31,106-62-19)108-130(29,104-60-17)73-84-142(41)116-137(36,79-68-125(24,95-51-8)96-52-9)112-135(34,77-66-123(22,91-47-4)92-48-5)113-138(37,117-142)80-69-126(25,97-53-10)98-54-11/h87H,44-86H2,1-43H3. The summed E-state index contributed by atoms with van der Waals surface area (Å²) in [7, 11) is -77.1. The van der Waals surface area contributed by atoms with E-state index in [1.165, 1.54) is 0 Å². The van der Waals surface area contributed by atoms with Crippen LogP contribution in [0.2, 0.25) is 302 Å². The van der Waals surface area contributed by atoms with Crippen molar-refractivity contribution in [2.45, 2.75) is 434 Å². The first-order valence-electron chi connectivity index (χ1n) is 55.2. The molecule has 860 valence electrons. The van der Waals surface area contributed by atoms with Crippen LogP contribution >= 0.6 is 0 Å². The molecule has 0 aliphatic carbocycles. The Morgan fingerprint density at radius 3 is 0.319 bits per heavy atom. The molecule has 0 saturated carbocycles. The van der Waals surface area contributed by atoms with Gasteiger partial charge in [-0.3, -0.25) is 0 Å². The molecule has 3 saturated heterocycles. The predicted molar refractivity (Wildman–Crippen MR) is 633 cm³/mol. The van der Waals surface area contributed by atoms with E-state index in [1.807, 2.05) is 124 Å². The smallest absolute Gasteiger partial charge is 0.334 e. The van der Waals surface area contributed by atoms with E-state index in [2.05, 4.69) is 164 Å². The molecule has 15 atom stereocenters. The molecule has 15 unspecified atom stereocenters. The van der Waals surface area contributed by atoms with Crippen molar-refractivity contribution in [2.75, 3.05) is 126 Å². The minimum absolute atomic E-state index is 0.388. The lowest BCUT2D eigenvalue weighted by Crippen LogP contribution is -2.68. The second-order valence-electron chi connectivity index (χ2n) is 42.9. The average Bonchev–Trinajstić information content (AvgIpc) is 0.761. The van der Waals surface area contributed by atoms with Gasteiger partial charge >= 0.3 is 205 Å². The maximum atomic E-state index is 12.0. The van der Waals surface area contributed by atoms with Gasteiger partial charge in [0.15, 0.2) is 0 Å². The molecule has 34 nitrogen and oxygen atoms in total. The van der Waals surface area contributed by atoms with E-state index in [4.69, 9.17) is 142 Å². The Kier molecular flexibility index (Phi) is 61.5. The van der Waals surface area contributed by atoms with Crippen molar-refractivity contribution in [3.05, 3.63) is 0 Å². The first kappa shape index (κ1) is 142. The molecule has 3 rings (SSSR count). The van der Waals surface area contributed by atoms with Crippen LogP contribution in [0.15, 0.2) is 0 Å². The van der Waals surface area contributed by atoms with Crippen molar-refractivity contribution in [1.82, 2.24) is 0 Å². The Bertz CT molecular complexity index is 3460. The van der Waals surface area contributed by atoms with Gasteiger partial charge in [-0.2, -0.15) is 0 Å². The molecule has 3 heterocycles. The summed E-state index contributed by atoms with van der Waals surface area (Å²) in [6, 6.07) is 13.5. The fourth-order valence-corrected chi connectivity index (χ4v) is 150. The molecule has 0 aromatic rings. The minimum atomic E-state index is -3.64. The highest BCUT2D eigenvalue weighted by molar-refractivity contribution is 6.99. The van der Waals surface area contributed by atoms with Crippen LogP contribution in [0.3, 0.4) is 0 Å². The Balaban J connectivity index is 2.51. The van der Waals surface area contributed by atoms with Gasteiger partial charge in [0.2, 0.25) is 0 Å². The van der Waals surface area contributed by atoms with Gasteiger partial charge in [-0.1, -0.05) is 0 Å². The topological polar surface area (TPSA) is 325 Å². The molecule has 0 bridgehead atoms. The Morgan fingerprint density at radius 2 is 0.222 bits per heavy atom. The lowest BCUT2D eigenvalue weighted by Gasteiger charge is -2.52. The van der Waals surface area contributed by atoms with E-state index < -0.39 is 205 Å². The molecule has 144 heavy (non-hydrogen) atoms. The summed E-state index contributed by atoms with van der Waals surface area (Å²) in [5.41, 5.74) is 0. The summed E-state index contributed by atoms with van der Waals surface area (Å²) in [5, 5.41) is 0. The highest BCUT2D eigenvalue weighted by Gasteiger charge is 2.65. The third-order valence-corrected chi connectivity index (χ3v) is 126. The van der Waals surface area contributed by atoms with Crippen LogP contribution in [0.25, 0.3) is 0 Å². The van der Waals surface area contributed by atoms with E-state index in [0.29, 0.717) is 271 Å². The minimum Gasteiger partial charge on any atom is -0.416 e. The molecule has 0 amide bonds. The summed E-state index contributed by atoms with van der Waals surface area (Å²) < 4.78 is 240. The molecular weight excluding hydrogens is 2250 g/mol. The van der Waals surface area contributed by atoms with Gasteiger partial charge in [0.25, 0.3) is 0 Å². The zero-order valence-electron chi connectivity index (χ0n) is 99.3. The van der Waals surface area contributed by atoms with Crippen LogP contribution < -0.4 is 0 Å². The Labute approximate surface area is 903 Å². The molecule has 0 spiro atoms. The zero-order chi connectivity index (χ0) is 110. The fourth-order valence-electron chi connectivity index (χ4n) is 21.1. The SMILES string of the molecule is CCO[Si](C)(O)CC[Si]1(C)O[Si](C)(CC[Si](C)(OCC)OCC)O[Si](C)(CC[Si](C)(OCC)OCC)O[Si](C)(CC[Si](C)(OCC)O[Si](C)(CC[Si]2(C)O[Si](C)(CC[Si](C)(OCC)OCC)O[Si](C)(CC[Si](C)(OCC)OCC)O[Si](C)(CC[Si](C)(OCC)O[Si](C)(CC[Si]3(C)O[Si](C)(CC[Si](C)(OCC)OCC)O[Si](C)(CC[Si](C)(OCC)OCC)O[Si](C)(CC[Si](C)(OCC)OCC)O3)OCC)O2)OCC)O1. The van der Waals surface area contributed by atoms with Crippen molar-refractivity contribution in [2.24, 2.45) is 0 Å².